The molecule has 15 heteroatoms. The number of alkyl halides is 2. The van der Waals surface area contributed by atoms with Crippen molar-refractivity contribution >= 4 is 12.2 Å². The van der Waals surface area contributed by atoms with E-state index in [-0.39, 0.29) is 24.0 Å². The van der Waals surface area contributed by atoms with Gasteiger partial charge in [-0.15, -0.1) is 21.7 Å². The maximum absolute atomic E-state index is 12.7. The molecule has 2 aliphatic heterocycles. The molecule has 0 saturated carbocycles. The first-order chi connectivity index (χ1) is 26.5. The lowest BCUT2D eigenvalue weighted by atomic mass is 9.90. The van der Waals surface area contributed by atoms with E-state index < -0.39 is 23.5 Å². The van der Waals surface area contributed by atoms with E-state index in [0.29, 0.717) is 55.6 Å². The Kier molecular flexibility index (Phi) is 11.5. The summed E-state index contributed by atoms with van der Waals surface area (Å²) in [6.07, 6.45) is 5.35. The summed E-state index contributed by atoms with van der Waals surface area (Å²) in [5.74, 6) is 2.49. The summed E-state index contributed by atoms with van der Waals surface area (Å²) >= 11 is 0. The van der Waals surface area contributed by atoms with Crippen LogP contribution in [0.1, 0.15) is 88.1 Å². The van der Waals surface area contributed by atoms with Crippen LogP contribution in [0.25, 0.3) is 22.7 Å². The fourth-order valence-electron chi connectivity index (χ4n) is 5.92. The average molecular weight is 767 g/mol. The van der Waals surface area contributed by atoms with E-state index in [1.165, 1.54) is 11.8 Å². The number of pyridine rings is 1. The van der Waals surface area contributed by atoms with Gasteiger partial charge in [-0.2, -0.15) is 8.78 Å². The van der Waals surface area contributed by atoms with E-state index in [1.54, 1.807) is 26.6 Å². The Hall–Kier alpha value is -6.17. The van der Waals surface area contributed by atoms with E-state index in [9.17, 15) is 18.4 Å². The molecular weight excluding hydrogens is 722 g/mol. The van der Waals surface area contributed by atoms with E-state index >= 15 is 0 Å². The third-order valence-corrected chi connectivity index (χ3v) is 8.81. The molecule has 13 nitrogen and oxygen atoms in total. The van der Waals surface area contributed by atoms with Crippen molar-refractivity contribution in [3.63, 3.8) is 0 Å². The third-order valence-electron chi connectivity index (χ3n) is 8.81. The molecule has 0 bridgehead atoms. The molecule has 5 heterocycles. The molecule has 2 saturated heterocycles. The van der Waals surface area contributed by atoms with Gasteiger partial charge in [0.05, 0.1) is 24.0 Å². The number of hydrogen-bond acceptors (Lipinski definition) is 10. The monoisotopic (exact) mass is 766 g/mol. The summed E-state index contributed by atoms with van der Waals surface area (Å²) in [5, 5.41) is 15.4. The largest absolute Gasteiger partial charge is 0.444 e. The van der Waals surface area contributed by atoms with E-state index in [4.69, 9.17) is 20.3 Å². The number of ether oxygens (including phenoxy) is 2. The smallest absolute Gasteiger partial charge is 0.410 e. The zero-order valence-electron chi connectivity index (χ0n) is 32.1. The van der Waals surface area contributed by atoms with E-state index in [0.717, 1.165) is 16.7 Å². The Morgan fingerprint density at radius 3 is 1.98 bits per heavy atom. The van der Waals surface area contributed by atoms with Crippen LogP contribution < -0.4 is 0 Å². The third kappa shape index (κ3) is 10.1. The molecule has 3 aromatic heterocycles. The minimum Gasteiger partial charge on any atom is -0.444 e. The molecule has 56 heavy (non-hydrogen) atoms. The number of terminal acetylenes is 1. The predicted octanol–water partition coefficient (Wildman–Crippen LogP) is 7.71. The topological polar surface area (TPSA) is 142 Å². The number of benzene rings is 2. The Labute approximate surface area is 324 Å². The number of rotatable bonds is 7. The molecule has 2 aliphatic rings. The number of aromatic nitrogens is 6. The molecule has 0 aliphatic carbocycles. The molecule has 7 rings (SSSR count). The summed E-state index contributed by atoms with van der Waals surface area (Å²) in [5.41, 5.74) is 5.02. The molecule has 5 aromatic rings. The number of hydrogen-bond donors (Lipinski definition) is 0. The van der Waals surface area contributed by atoms with Gasteiger partial charge in [0.25, 0.3) is 5.89 Å². The van der Waals surface area contributed by atoms with Crippen LogP contribution in [0.4, 0.5) is 18.4 Å². The van der Waals surface area contributed by atoms with Crippen LogP contribution in [0.15, 0.2) is 77.5 Å². The molecule has 2 amide bonds. The SMILES string of the molecule is C#Cc1cccc(C2CN(C(=O)OC(C)(C)C)C2)c1.CC(C)(C)OC(=O)N1CC(c2cccc(-c3cn(Cc4ccc(-c5nnc(C(F)F)o5)cn4)nn3)c2)C1. The first-order valence-electron chi connectivity index (χ1n) is 18.1. The zero-order chi connectivity index (χ0) is 40.2. The number of amides is 2. The Morgan fingerprint density at radius 1 is 0.839 bits per heavy atom. The molecule has 292 valence electrons. The van der Waals surface area contributed by atoms with Gasteiger partial charge in [0.1, 0.15) is 16.9 Å². The standard InChI is InChI=1S/C25H25F2N7O3.C16H19NO2/c1-25(2,3)37-24(35)33-11-18(12-33)15-5-4-6-16(9-15)20-14-34(32-29-20)13-19-8-7-17(10-28-19)22-30-31-23(36-22)21(26)27;1-5-12-7-6-8-13(9-12)14-10-17(11-14)15(18)19-16(2,3)4/h4-10,14,18,21H,11-13H2,1-3H3;1,6-9,14H,10-11H2,2-4H3. The highest BCUT2D eigenvalue weighted by molar-refractivity contribution is 5.70. The summed E-state index contributed by atoms with van der Waals surface area (Å²) < 4.78 is 42.7. The maximum atomic E-state index is 12.7. The highest BCUT2D eigenvalue weighted by Gasteiger charge is 2.35. The van der Waals surface area contributed by atoms with Crippen molar-refractivity contribution in [3.05, 3.63) is 101 Å². The first-order valence-corrected chi connectivity index (χ1v) is 18.1. The minimum absolute atomic E-state index is 0.0158. The molecular formula is C41H44F2N8O5. The van der Waals surface area contributed by atoms with Crippen molar-refractivity contribution in [2.75, 3.05) is 26.2 Å². The van der Waals surface area contributed by atoms with Gasteiger partial charge in [0, 0.05) is 55.3 Å². The second kappa shape index (κ2) is 16.3. The van der Waals surface area contributed by atoms with E-state index in [1.807, 2.05) is 84.1 Å². The van der Waals surface area contributed by atoms with Gasteiger partial charge in [0.15, 0.2) is 0 Å². The molecule has 0 N–H and O–H groups in total. The normalized spacial score (nSPS) is 14.6. The Morgan fingerprint density at radius 2 is 1.45 bits per heavy atom. The Balaban J connectivity index is 0.000000235. The van der Waals surface area contributed by atoms with Crippen LogP contribution in [0, 0.1) is 12.3 Å². The minimum atomic E-state index is -2.82. The summed E-state index contributed by atoms with van der Waals surface area (Å²) in [4.78, 5) is 31.8. The van der Waals surface area contributed by atoms with E-state index in [2.05, 4.69) is 43.5 Å². The molecule has 0 unspecified atom stereocenters. The van der Waals surface area contributed by atoms with Crippen LogP contribution >= 0.6 is 0 Å². The van der Waals surface area contributed by atoms with Crippen LogP contribution in [0.3, 0.4) is 0 Å². The maximum Gasteiger partial charge on any atom is 0.410 e. The lowest BCUT2D eigenvalue weighted by Gasteiger charge is -2.40. The van der Waals surface area contributed by atoms with Crippen molar-refractivity contribution < 1.29 is 32.3 Å². The zero-order valence-corrected chi connectivity index (χ0v) is 32.1. The Bertz CT molecular complexity index is 2190. The number of carbonyl (C=O) groups excluding carboxylic acids is 2. The van der Waals surface area contributed by atoms with Crippen molar-refractivity contribution in [1.29, 1.82) is 0 Å². The highest BCUT2D eigenvalue weighted by atomic mass is 19.3. The average Bonchev–Trinajstić information content (AvgIpc) is 3.77. The fourth-order valence-corrected chi connectivity index (χ4v) is 5.92. The van der Waals surface area contributed by atoms with Crippen molar-refractivity contribution in [2.24, 2.45) is 0 Å². The number of likely N-dealkylation sites (tertiary alicyclic amines) is 2. The fraction of sp³-hybridized carbons (Fsp3) is 0.390. The van der Waals surface area contributed by atoms with Crippen LogP contribution in [0.2, 0.25) is 0 Å². The van der Waals surface area contributed by atoms with Gasteiger partial charge in [0.2, 0.25) is 5.89 Å². The lowest BCUT2D eigenvalue weighted by molar-refractivity contribution is 0.00728. The number of nitrogens with zero attached hydrogens (tertiary/aromatic N) is 8. The molecule has 0 spiro atoms. The summed E-state index contributed by atoms with van der Waals surface area (Å²) in [6, 6.07) is 19.4. The molecule has 2 fully saturated rings. The van der Waals surface area contributed by atoms with Gasteiger partial charge in [-0.3, -0.25) is 4.98 Å². The quantitative estimate of drug-likeness (QED) is 0.151. The molecule has 0 radical (unpaired) electrons. The van der Waals surface area contributed by atoms with Gasteiger partial charge in [-0.25, -0.2) is 14.3 Å². The second-order valence-electron chi connectivity index (χ2n) is 15.6. The molecule has 0 atom stereocenters. The van der Waals surface area contributed by atoms with Crippen molar-refractivity contribution in [3.8, 4) is 35.1 Å². The van der Waals surface area contributed by atoms with Gasteiger partial charge >= 0.3 is 18.6 Å². The van der Waals surface area contributed by atoms with Crippen molar-refractivity contribution in [1.82, 2.24) is 40.0 Å². The van der Waals surface area contributed by atoms with Crippen LogP contribution in [0.5, 0.6) is 0 Å². The number of carbonyl (C=O) groups is 2. The first kappa shape index (κ1) is 39.5. The van der Waals surface area contributed by atoms with Gasteiger partial charge in [-0.05, 0) is 83.0 Å². The second-order valence-corrected chi connectivity index (χ2v) is 15.6. The molecule has 2 aromatic carbocycles. The van der Waals surface area contributed by atoms with Crippen molar-refractivity contribution in [2.45, 2.75) is 77.6 Å². The lowest BCUT2D eigenvalue weighted by Crippen LogP contribution is -2.50. The van der Waals surface area contributed by atoms with Crippen LogP contribution in [-0.2, 0) is 16.0 Å². The number of halogens is 2. The van der Waals surface area contributed by atoms with Gasteiger partial charge < -0.3 is 23.7 Å². The highest BCUT2D eigenvalue weighted by Crippen LogP contribution is 2.32. The predicted molar refractivity (Wildman–Crippen MR) is 203 cm³/mol. The summed E-state index contributed by atoms with van der Waals surface area (Å²) in [6.45, 7) is 14.2. The van der Waals surface area contributed by atoms with Crippen LogP contribution in [-0.4, -0.2) is 89.5 Å². The summed E-state index contributed by atoms with van der Waals surface area (Å²) in [7, 11) is 0. The van der Waals surface area contributed by atoms with Gasteiger partial charge in [-0.1, -0.05) is 41.5 Å².